The molecule has 1 fully saturated rings. The highest BCUT2D eigenvalue weighted by Crippen LogP contribution is 2.04. The van der Waals surface area contributed by atoms with Crippen molar-refractivity contribution in [3.63, 3.8) is 0 Å². The number of anilines is 1. The van der Waals surface area contributed by atoms with E-state index in [0.29, 0.717) is 18.1 Å². The van der Waals surface area contributed by atoms with Crippen LogP contribution >= 0.6 is 0 Å². The summed E-state index contributed by atoms with van der Waals surface area (Å²) in [5.74, 6) is 0.518. The lowest BCUT2D eigenvalue weighted by Gasteiger charge is -2.26. The minimum atomic E-state index is -0.160. The molecule has 8 nitrogen and oxygen atoms in total. The molecule has 0 atom stereocenters. The minimum Gasteiger partial charge on any atom is -0.379 e. The molecule has 1 aliphatic rings. The monoisotopic (exact) mass is 336 g/mol. The van der Waals surface area contributed by atoms with Gasteiger partial charge in [0.15, 0.2) is 0 Å². The Morgan fingerprint density at radius 1 is 1.29 bits per heavy atom. The molecule has 2 N–H and O–H groups in total. The maximum Gasteiger partial charge on any atom is 0.270 e. The first-order valence-corrected chi connectivity index (χ1v) is 8.44. The highest BCUT2D eigenvalue weighted by molar-refractivity contribution is 5.92. The third-order valence-corrected chi connectivity index (χ3v) is 3.81. The van der Waals surface area contributed by atoms with Gasteiger partial charge in [0.2, 0.25) is 0 Å². The number of carbonyl (C=O) groups is 1. The molecule has 134 valence electrons. The molecule has 0 spiro atoms. The van der Waals surface area contributed by atoms with Gasteiger partial charge in [0, 0.05) is 38.8 Å². The summed E-state index contributed by atoms with van der Waals surface area (Å²) in [5, 5.41) is 6.13. The van der Waals surface area contributed by atoms with Crippen molar-refractivity contribution in [3.05, 3.63) is 18.1 Å². The van der Waals surface area contributed by atoms with E-state index in [-0.39, 0.29) is 5.91 Å². The predicted molar refractivity (Wildman–Crippen MR) is 93.3 cm³/mol. The van der Waals surface area contributed by atoms with Crippen LogP contribution in [0, 0.1) is 0 Å². The summed E-state index contributed by atoms with van der Waals surface area (Å²) in [7, 11) is 4.03. The molecular weight excluding hydrogens is 308 g/mol. The average Bonchev–Trinajstić information content (AvgIpc) is 2.59. The number of hydrogen-bond acceptors (Lipinski definition) is 7. The zero-order chi connectivity index (χ0) is 17.2. The van der Waals surface area contributed by atoms with Crippen LogP contribution in [0.4, 0.5) is 5.82 Å². The van der Waals surface area contributed by atoms with E-state index in [0.717, 1.165) is 52.4 Å². The lowest BCUT2D eigenvalue weighted by atomic mass is 10.3. The third-order valence-electron chi connectivity index (χ3n) is 3.81. The number of hydrogen-bond donors (Lipinski definition) is 2. The van der Waals surface area contributed by atoms with Crippen LogP contribution in [-0.4, -0.2) is 92.3 Å². The first-order valence-electron chi connectivity index (χ1n) is 8.44. The van der Waals surface area contributed by atoms with Gasteiger partial charge in [-0.3, -0.25) is 9.69 Å². The van der Waals surface area contributed by atoms with Gasteiger partial charge in [0.05, 0.1) is 13.2 Å². The van der Waals surface area contributed by atoms with Gasteiger partial charge in [-0.2, -0.15) is 0 Å². The van der Waals surface area contributed by atoms with Crippen LogP contribution in [0.3, 0.4) is 0 Å². The minimum absolute atomic E-state index is 0.160. The standard InChI is InChI=1S/C16H28N6O2/c1-21(2)6-3-4-18-16(23)14-12-15(20-13-19-14)17-5-7-22-8-10-24-11-9-22/h12-13H,3-11H2,1-2H3,(H,18,23)(H,17,19,20). The van der Waals surface area contributed by atoms with Crippen molar-refractivity contribution in [1.82, 2.24) is 25.1 Å². The summed E-state index contributed by atoms with van der Waals surface area (Å²) >= 11 is 0. The number of nitrogens with one attached hydrogen (secondary N) is 2. The second kappa shape index (κ2) is 10.2. The quantitative estimate of drug-likeness (QED) is 0.610. The van der Waals surface area contributed by atoms with Crippen molar-refractivity contribution in [2.24, 2.45) is 0 Å². The van der Waals surface area contributed by atoms with Crippen LogP contribution in [0.15, 0.2) is 12.4 Å². The fourth-order valence-corrected chi connectivity index (χ4v) is 2.43. The van der Waals surface area contributed by atoms with Gasteiger partial charge in [-0.1, -0.05) is 0 Å². The maximum absolute atomic E-state index is 12.1. The molecular formula is C16H28N6O2. The Hall–Kier alpha value is -1.77. The van der Waals surface area contributed by atoms with Gasteiger partial charge < -0.3 is 20.3 Å². The Bertz CT molecular complexity index is 505. The summed E-state index contributed by atoms with van der Waals surface area (Å²) in [6.45, 7) is 6.81. The molecule has 0 aliphatic carbocycles. The molecule has 0 saturated carbocycles. The summed E-state index contributed by atoms with van der Waals surface area (Å²) < 4.78 is 5.33. The van der Waals surface area contributed by atoms with Crippen LogP contribution in [0.2, 0.25) is 0 Å². The smallest absolute Gasteiger partial charge is 0.270 e. The van der Waals surface area contributed by atoms with Gasteiger partial charge in [0.1, 0.15) is 17.8 Å². The zero-order valence-electron chi connectivity index (χ0n) is 14.6. The van der Waals surface area contributed by atoms with E-state index < -0.39 is 0 Å². The molecule has 0 radical (unpaired) electrons. The Morgan fingerprint density at radius 2 is 2.08 bits per heavy atom. The van der Waals surface area contributed by atoms with Crippen LogP contribution in [0.25, 0.3) is 0 Å². The average molecular weight is 336 g/mol. The highest BCUT2D eigenvalue weighted by atomic mass is 16.5. The molecule has 1 aromatic heterocycles. The Kier molecular flexibility index (Phi) is 7.87. The van der Waals surface area contributed by atoms with E-state index in [1.165, 1.54) is 6.33 Å². The van der Waals surface area contributed by atoms with Crippen LogP contribution < -0.4 is 10.6 Å². The maximum atomic E-state index is 12.1. The fraction of sp³-hybridized carbons (Fsp3) is 0.688. The van der Waals surface area contributed by atoms with Crippen LogP contribution in [0.5, 0.6) is 0 Å². The molecule has 2 heterocycles. The summed E-state index contributed by atoms with van der Waals surface area (Å²) in [5.41, 5.74) is 0.392. The zero-order valence-corrected chi connectivity index (χ0v) is 14.6. The summed E-state index contributed by atoms with van der Waals surface area (Å²) in [6, 6.07) is 1.70. The molecule has 0 unspecified atom stereocenters. The van der Waals surface area contributed by atoms with Gasteiger partial charge in [-0.15, -0.1) is 0 Å². The van der Waals surface area contributed by atoms with E-state index in [2.05, 4.69) is 30.4 Å². The number of rotatable bonds is 9. The molecule has 8 heteroatoms. The molecule has 24 heavy (non-hydrogen) atoms. The lowest BCUT2D eigenvalue weighted by molar-refractivity contribution is 0.0398. The van der Waals surface area contributed by atoms with Crippen molar-refractivity contribution in [2.45, 2.75) is 6.42 Å². The molecule has 1 saturated heterocycles. The number of nitrogens with zero attached hydrogens (tertiary/aromatic N) is 4. The van der Waals surface area contributed by atoms with E-state index in [4.69, 9.17) is 4.74 Å². The normalized spacial score (nSPS) is 15.5. The molecule has 1 aliphatic heterocycles. The fourth-order valence-electron chi connectivity index (χ4n) is 2.43. The van der Waals surface area contributed by atoms with Crippen molar-refractivity contribution in [1.29, 1.82) is 0 Å². The van der Waals surface area contributed by atoms with Gasteiger partial charge >= 0.3 is 0 Å². The molecule has 1 aromatic rings. The first kappa shape index (κ1) is 18.6. The third kappa shape index (κ3) is 6.77. The largest absolute Gasteiger partial charge is 0.379 e. The summed E-state index contributed by atoms with van der Waals surface area (Å²) in [4.78, 5) is 24.8. The Balaban J connectivity index is 1.72. The van der Waals surface area contributed by atoms with Gasteiger partial charge in [-0.05, 0) is 27.1 Å². The number of aromatic nitrogens is 2. The highest BCUT2D eigenvalue weighted by Gasteiger charge is 2.11. The molecule has 0 bridgehead atoms. The number of carbonyl (C=O) groups excluding carboxylic acids is 1. The Morgan fingerprint density at radius 3 is 2.83 bits per heavy atom. The van der Waals surface area contributed by atoms with E-state index in [1.54, 1.807) is 6.07 Å². The van der Waals surface area contributed by atoms with E-state index in [9.17, 15) is 4.79 Å². The van der Waals surface area contributed by atoms with Crippen LogP contribution in [-0.2, 0) is 4.74 Å². The Labute approximate surface area is 143 Å². The van der Waals surface area contributed by atoms with Gasteiger partial charge in [-0.25, -0.2) is 9.97 Å². The number of morpholine rings is 1. The first-order chi connectivity index (χ1) is 11.6. The van der Waals surface area contributed by atoms with Crippen LogP contribution in [0.1, 0.15) is 16.9 Å². The lowest BCUT2D eigenvalue weighted by Crippen LogP contribution is -2.39. The molecule has 1 amide bonds. The topological polar surface area (TPSA) is 82.6 Å². The van der Waals surface area contributed by atoms with Crippen molar-refractivity contribution >= 4 is 11.7 Å². The summed E-state index contributed by atoms with van der Waals surface area (Å²) in [6.07, 6.45) is 2.33. The van der Waals surface area contributed by atoms with Crippen molar-refractivity contribution in [2.75, 3.05) is 71.9 Å². The van der Waals surface area contributed by atoms with E-state index >= 15 is 0 Å². The van der Waals surface area contributed by atoms with E-state index in [1.807, 2.05) is 14.1 Å². The van der Waals surface area contributed by atoms with Crippen molar-refractivity contribution in [3.8, 4) is 0 Å². The second-order valence-corrected chi connectivity index (χ2v) is 6.08. The SMILES string of the molecule is CN(C)CCCNC(=O)c1cc(NCCN2CCOCC2)ncn1. The van der Waals surface area contributed by atoms with Crippen molar-refractivity contribution < 1.29 is 9.53 Å². The predicted octanol–water partition coefficient (Wildman–Crippen LogP) is -0.0978. The number of amides is 1. The number of ether oxygens (including phenoxy) is 1. The molecule has 2 rings (SSSR count). The molecule has 0 aromatic carbocycles. The van der Waals surface area contributed by atoms with Gasteiger partial charge in [0.25, 0.3) is 5.91 Å². The second-order valence-electron chi connectivity index (χ2n) is 6.08.